The van der Waals surface area contributed by atoms with Gasteiger partial charge in [-0.3, -0.25) is 24.0 Å². The van der Waals surface area contributed by atoms with Gasteiger partial charge in [0.2, 0.25) is 23.6 Å². The van der Waals surface area contributed by atoms with E-state index in [9.17, 15) is 28.8 Å². The van der Waals surface area contributed by atoms with Crippen molar-refractivity contribution in [1.29, 1.82) is 0 Å². The molecule has 14 heteroatoms. The number of carboxylic acid groups (broad SMARTS) is 2. The first-order valence-corrected chi connectivity index (χ1v) is 9.03. The summed E-state index contributed by atoms with van der Waals surface area (Å²) >= 11 is 0. The van der Waals surface area contributed by atoms with Gasteiger partial charge in [-0.15, -0.1) is 0 Å². The SMILES string of the molecule is NCCCCC(NC(=O)C(N)CC(=O)O)C(=O)NCC(=O)NC(CC(N)=O)C(=O)O. The van der Waals surface area contributed by atoms with Crippen molar-refractivity contribution in [1.82, 2.24) is 16.0 Å². The molecular weight excluding hydrogens is 404 g/mol. The monoisotopic (exact) mass is 432 g/mol. The van der Waals surface area contributed by atoms with Crippen LogP contribution in [0.1, 0.15) is 32.1 Å². The van der Waals surface area contributed by atoms with Crippen LogP contribution in [0.5, 0.6) is 0 Å². The first-order chi connectivity index (χ1) is 14.0. The summed E-state index contributed by atoms with van der Waals surface area (Å²) in [6, 6.07) is -4.04. The van der Waals surface area contributed by atoms with Crippen molar-refractivity contribution >= 4 is 35.6 Å². The van der Waals surface area contributed by atoms with Crippen LogP contribution in [0.4, 0.5) is 0 Å². The smallest absolute Gasteiger partial charge is 0.326 e. The average Bonchev–Trinajstić information content (AvgIpc) is 2.63. The maximum Gasteiger partial charge on any atom is 0.326 e. The molecule has 0 saturated carbocycles. The molecule has 0 fully saturated rings. The Morgan fingerprint density at radius 1 is 0.867 bits per heavy atom. The van der Waals surface area contributed by atoms with Crippen molar-refractivity contribution < 1.29 is 39.0 Å². The van der Waals surface area contributed by atoms with E-state index in [1.54, 1.807) is 0 Å². The second-order valence-electron chi connectivity index (χ2n) is 6.40. The third kappa shape index (κ3) is 11.6. The number of amides is 4. The molecule has 14 nitrogen and oxygen atoms in total. The lowest BCUT2D eigenvalue weighted by molar-refractivity contribution is -0.143. The number of unbranched alkanes of at least 4 members (excludes halogenated alkanes) is 1. The molecule has 11 N–H and O–H groups in total. The normalized spacial score (nSPS) is 13.4. The molecule has 0 aromatic heterocycles. The Morgan fingerprint density at radius 2 is 1.50 bits per heavy atom. The van der Waals surface area contributed by atoms with Crippen LogP contribution in [-0.2, 0) is 28.8 Å². The maximum atomic E-state index is 12.3. The van der Waals surface area contributed by atoms with Crippen molar-refractivity contribution in [3.05, 3.63) is 0 Å². The van der Waals surface area contributed by atoms with Crippen LogP contribution in [0.3, 0.4) is 0 Å². The molecule has 0 saturated heterocycles. The number of rotatable bonds is 15. The number of nitrogens with two attached hydrogens (primary N) is 3. The van der Waals surface area contributed by atoms with Gasteiger partial charge in [-0.25, -0.2) is 4.79 Å². The number of primary amides is 1. The van der Waals surface area contributed by atoms with Crippen molar-refractivity contribution in [3.8, 4) is 0 Å². The van der Waals surface area contributed by atoms with Crippen LogP contribution in [0.15, 0.2) is 0 Å². The molecule has 0 aliphatic heterocycles. The summed E-state index contributed by atoms with van der Waals surface area (Å²) in [5.74, 6) is -6.23. The van der Waals surface area contributed by atoms with Gasteiger partial charge in [-0.05, 0) is 25.8 Å². The first kappa shape index (κ1) is 26.7. The highest BCUT2D eigenvalue weighted by atomic mass is 16.4. The van der Waals surface area contributed by atoms with Gasteiger partial charge in [0.1, 0.15) is 12.1 Å². The Balaban J connectivity index is 4.88. The highest BCUT2D eigenvalue weighted by molar-refractivity contribution is 5.94. The predicted octanol–water partition coefficient (Wildman–Crippen LogP) is -4.04. The van der Waals surface area contributed by atoms with E-state index in [0.717, 1.165) is 0 Å². The zero-order chi connectivity index (χ0) is 23.3. The van der Waals surface area contributed by atoms with Crippen molar-refractivity contribution in [3.63, 3.8) is 0 Å². The molecule has 0 aromatic carbocycles. The van der Waals surface area contributed by atoms with Gasteiger partial charge in [0.05, 0.1) is 25.4 Å². The fourth-order valence-corrected chi connectivity index (χ4v) is 2.26. The van der Waals surface area contributed by atoms with E-state index < -0.39 is 73.1 Å². The summed E-state index contributed by atoms with van der Waals surface area (Å²) in [5.41, 5.74) is 15.8. The summed E-state index contributed by atoms with van der Waals surface area (Å²) in [6.07, 6.45) is -0.116. The number of carboxylic acids is 2. The van der Waals surface area contributed by atoms with Crippen LogP contribution < -0.4 is 33.2 Å². The topological polar surface area (TPSA) is 257 Å². The number of carbonyl (C=O) groups is 6. The van der Waals surface area contributed by atoms with Gasteiger partial charge in [-0.2, -0.15) is 0 Å². The molecule has 0 aliphatic carbocycles. The summed E-state index contributed by atoms with van der Waals surface area (Å²) in [6.45, 7) is -0.286. The lowest BCUT2D eigenvalue weighted by Gasteiger charge is -2.20. The van der Waals surface area contributed by atoms with Gasteiger partial charge >= 0.3 is 11.9 Å². The highest BCUT2D eigenvalue weighted by Crippen LogP contribution is 2.02. The number of hydrogen-bond donors (Lipinski definition) is 8. The largest absolute Gasteiger partial charge is 0.481 e. The molecule has 0 radical (unpaired) electrons. The number of nitrogens with one attached hydrogen (secondary N) is 3. The average molecular weight is 432 g/mol. The number of aliphatic carboxylic acids is 2. The van der Waals surface area contributed by atoms with Crippen molar-refractivity contribution in [2.45, 2.75) is 50.2 Å². The quantitative estimate of drug-likeness (QED) is 0.116. The lowest BCUT2D eigenvalue weighted by atomic mass is 10.1. The van der Waals surface area contributed by atoms with Gasteiger partial charge in [0.25, 0.3) is 0 Å². The number of hydrogen-bond acceptors (Lipinski definition) is 8. The second kappa shape index (κ2) is 13.8. The minimum atomic E-state index is -1.55. The standard InChI is InChI=1S/C16H28N6O8/c17-4-2-1-3-9(22-14(27)8(18)5-13(25)26)15(28)20-7-12(24)21-10(16(29)30)6-11(19)23/h8-10H,1-7,17-18H2,(H2,19,23)(H,20,28)(H,21,24)(H,22,27)(H,25,26)(H,29,30). The fourth-order valence-electron chi connectivity index (χ4n) is 2.26. The Morgan fingerprint density at radius 3 is 2.00 bits per heavy atom. The third-order valence-corrected chi connectivity index (χ3v) is 3.77. The Hall–Kier alpha value is -3.26. The van der Waals surface area contributed by atoms with Gasteiger partial charge in [0, 0.05) is 0 Å². The Labute approximate surface area is 171 Å². The predicted molar refractivity (Wildman–Crippen MR) is 101 cm³/mol. The summed E-state index contributed by atoms with van der Waals surface area (Å²) < 4.78 is 0. The molecule has 3 unspecified atom stereocenters. The van der Waals surface area contributed by atoms with Crippen LogP contribution >= 0.6 is 0 Å². The Bertz CT molecular complexity index is 656. The molecule has 170 valence electrons. The molecule has 4 amide bonds. The van der Waals surface area contributed by atoms with Gasteiger partial charge in [-0.1, -0.05) is 0 Å². The van der Waals surface area contributed by atoms with E-state index in [2.05, 4.69) is 10.6 Å². The van der Waals surface area contributed by atoms with Crippen molar-refractivity contribution in [2.75, 3.05) is 13.1 Å². The molecule has 0 aliphatic rings. The zero-order valence-corrected chi connectivity index (χ0v) is 16.3. The van der Waals surface area contributed by atoms with Gasteiger partial charge in [0.15, 0.2) is 0 Å². The molecule has 3 atom stereocenters. The van der Waals surface area contributed by atoms with Crippen LogP contribution in [0, 0.1) is 0 Å². The fraction of sp³-hybridized carbons (Fsp3) is 0.625. The van der Waals surface area contributed by atoms with Crippen LogP contribution in [0.25, 0.3) is 0 Å². The minimum absolute atomic E-state index is 0.148. The summed E-state index contributed by atoms with van der Waals surface area (Å²) in [5, 5.41) is 24.2. The molecule has 30 heavy (non-hydrogen) atoms. The van der Waals surface area contributed by atoms with Crippen molar-refractivity contribution in [2.24, 2.45) is 17.2 Å². The highest BCUT2D eigenvalue weighted by Gasteiger charge is 2.26. The van der Waals surface area contributed by atoms with E-state index in [-0.39, 0.29) is 6.42 Å². The maximum absolute atomic E-state index is 12.3. The summed E-state index contributed by atoms with van der Waals surface area (Å²) in [7, 11) is 0. The minimum Gasteiger partial charge on any atom is -0.481 e. The second-order valence-corrected chi connectivity index (χ2v) is 6.40. The van der Waals surface area contributed by atoms with Crippen LogP contribution in [-0.4, -0.2) is 77.0 Å². The first-order valence-electron chi connectivity index (χ1n) is 9.03. The van der Waals surface area contributed by atoms with Gasteiger partial charge < -0.3 is 43.4 Å². The van der Waals surface area contributed by atoms with E-state index in [0.29, 0.717) is 19.4 Å². The van der Waals surface area contributed by atoms with E-state index in [1.165, 1.54) is 0 Å². The van der Waals surface area contributed by atoms with E-state index >= 15 is 0 Å². The van der Waals surface area contributed by atoms with E-state index in [4.69, 9.17) is 27.4 Å². The van der Waals surface area contributed by atoms with Crippen LogP contribution in [0.2, 0.25) is 0 Å². The number of carbonyl (C=O) groups excluding carboxylic acids is 4. The summed E-state index contributed by atoms with van der Waals surface area (Å²) in [4.78, 5) is 68.7. The molecule has 0 rings (SSSR count). The lowest BCUT2D eigenvalue weighted by Crippen LogP contribution is -2.54. The Kier molecular flexibility index (Phi) is 12.3. The molecular formula is C16H28N6O8. The molecule has 0 spiro atoms. The molecule has 0 bridgehead atoms. The third-order valence-electron chi connectivity index (χ3n) is 3.77. The van der Waals surface area contributed by atoms with E-state index in [1.807, 2.05) is 5.32 Å². The zero-order valence-electron chi connectivity index (χ0n) is 16.3. The molecule has 0 aromatic rings. The molecule has 0 heterocycles.